The van der Waals surface area contributed by atoms with Crippen LogP contribution in [0, 0.1) is 16.0 Å². The maximum Gasteiger partial charge on any atom is 0.275 e. The van der Waals surface area contributed by atoms with E-state index in [-0.39, 0.29) is 11.8 Å². The van der Waals surface area contributed by atoms with Gasteiger partial charge in [-0.3, -0.25) is 10.1 Å². The molecule has 19 heavy (non-hydrogen) atoms. The first kappa shape index (κ1) is 13.6. The third-order valence-corrected chi connectivity index (χ3v) is 3.78. The van der Waals surface area contributed by atoms with Crippen molar-refractivity contribution in [2.75, 3.05) is 5.73 Å². The fourth-order valence-corrected chi connectivity index (χ4v) is 2.75. The van der Waals surface area contributed by atoms with E-state index in [4.69, 9.17) is 10.5 Å². The Kier molecular flexibility index (Phi) is 4.24. The number of anilines is 1. The molecule has 2 N–H and O–H groups in total. The minimum Gasteiger partial charge on any atom is -0.490 e. The number of ether oxygens (including phenoxy) is 1. The van der Waals surface area contributed by atoms with Crippen LogP contribution in [0.3, 0.4) is 0 Å². The molecule has 1 fully saturated rings. The molecule has 0 saturated heterocycles. The maximum absolute atomic E-state index is 10.8. The average Bonchev–Trinajstić information content (AvgIpc) is 2.38. The van der Waals surface area contributed by atoms with Gasteiger partial charge in [0.1, 0.15) is 11.9 Å². The van der Waals surface area contributed by atoms with Gasteiger partial charge in [-0.25, -0.2) is 0 Å². The lowest BCUT2D eigenvalue weighted by molar-refractivity contribution is -0.384. The van der Waals surface area contributed by atoms with E-state index in [1.54, 1.807) is 6.07 Å². The molecule has 5 nitrogen and oxygen atoms in total. The van der Waals surface area contributed by atoms with Gasteiger partial charge in [-0.15, -0.1) is 0 Å². The fourth-order valence-electron chi connectivity index (χ4n) is 2.75. The lowest BCUT2D eigenvalue weighted by Gasteiger charge is -2.31. The first-order valence-electron chi connectivity index (χ1n) is 6.81. The van der Waals surface area contributed by atoms with E-state index in [1.165, 1.54) is 25.0 Å². The quantitative estimate of drug-likeness (QED) is 0.512. The fraction of sp³-hybridized carbons (Fsp3) is 0.571. The zero-order valence-electron chi connectivity index (χ0n) is 11.2. The second-order valence-electron chi connectivity index (χ2n) is 5.13. The summed E-state index contributed by atoms with van der Waals surface area (Å²) in [6.45, 7) is 2.16. The topological polar surface area (TPSA) is 78.4 Å². The van der Waals surface area contributed by atoms with Crippen molar-refractivity contribution >= 4 is 11.4 Å². The molecule has 1 aliphatic rings. The monoisotopic (exact) mass is 264 g/mol. The van der Waals surface area contributed by atoms with Crippen LogP contribution in [-0.2, 0) is 0 Å². The normalized spacial score (nSPS) is 23.0. The molecular formula is C14H20N2O3. The van der Waals surface area contributed by atoms with Gasteiger partial charge >= 0.3 is 0 Å². The number of hydrogen-bond donors (Lipinski definition) is 1. The van der Waals surface area contributed by atoms with E-state index in [9.17, 15) is 10.1 Å². The molecule has 1 aromatic carbocycles. The van der Waals surface area contributed by atoms with Crippen LogP contribution in [0.4, 0.5) is 11.4 Å². The molecule has 2 atom stereocenters. The minimum atomic E-state index is -0.443. The van der Waals surface area contributed by atoms with Gasteiger partial charge in [-0.05, 0) is 31.6 Å². The number of nitrogen functional groups attached to an aromatic ring is 1. The summed E-state index contributed by atoms with van der Waals surface area (Å²) in [7, 11) is 0. The van der Waals surface area contributed by atoms with Crippen LogP contribution in [0.5, 0.6) is 5.75 Å². The van der Waals surface area contributed by atoms with Gasteiger partial charge in [0.05, 0.1) is 11.0 Å². The summed E-state index contributed by atoms with van der Waals surface area (Å²) in [4.78, 5) is 10.4. The number of non-ortho nitro benzene ring substituents is 1. The van der Waals surface area contributed by atoms with Gasteiger partial charge < -0.3 is 10.5 Å². The van der Waals surface area contributed by atoms with E-state index in [2.05, 4.69) is 6.92 Å². The Balaban J connectivity index is 2.15. The van der Waals surface area contributed by atoms with Gasteiger partial charge in [0.25, 0.3) is 5.69 Å². The van der Waals surface area contributed by atoms with Gasteiger partial charge in [0.15, 0.2) is 0 Å². The molecule has 0 radical (unpaired) electrons. The Morgan fingerprint density at radius 1 is 1.37 bits per heavy atom. The van der Waals surface area contributed by atoms with Crippen molar-refractivity contribution in [1.29, 1.82) is 0 Å². The zero-order valence-corrected chi connectivity index (χ0v) is 11.2. The number of nitro groups is 1. The predicted molar refractivity (Wildman–Crippen MR) is 74.2 cm³/mol. The van der Waals surface area contributed by atoms with E-state index in [0.717, 1.165) is 19.3 Å². The molecule has 5 heteroatoms. The van der Waals surface area contributed by atoms with E-state index >= 15 is 0 Å². The van der Waals surface area contributed by atoms with Crippen molar-refractivity contribution in [2.24, 2.45) is 5.92 Å². The average molecular weight is 264 g/mol. The van der Waals surface area contributed by atoms with Gasteiger partial charge in [-0.1, -0.05) is 13.3 Å². The Morgan fingerprint density at radius 2 is 2.11 bits per heavy atom. The van der Waals surface area contributed by atoms with Crippen molar-refractivity contribution in [1.82, 2.24) is 0 Å². The van der Waals surface area contributed by atoms with E-state index in [0.29, 0.717) is 17.4 Å². The predicted octanol–water partition coefficient (Wildman–Crippen LogP) is 3.52. The molecule has 0 spiro atoms. The summed E-state index contributed by atoms with van der Waals surface area (Å²) in [5, 5.41) is 10.8. The number of nitrogens with zero attached hydrogens (tertiary/aromatic N) is 1. The summed E-state index contributed by atoms with van der Waals surface area (Å²) in [6, 6.07) is 4.47. The summed E-state index contributed by atoms with van der Waals surface area (Å²) in [5.41, 5.74) is 6.04. The van der Waals surface area contributed by atoms with Crippen LogP contribution in [0.25, 0.3) is 0 Å². The van der Waals surface area contributed by atoms with Crippen molar-refractivity contribution in [2.45, 2.75) is 45.1 Å². The molecule has 0 heterocycles. The highest BCUT2D eigenvalue weighted by atomic mass is 16.6. The number of nitro benzene ring substituents is 1. The summed E-state index contributed by atoms with van der Waals surface area (Å²) >= 11 is 0. The van der Waals surface area contributed by atoms with Gasteiger partial charge in [-0.2, -0.15) is 0 Å². The number of rotatable bonds is 4. The van der Waals surface area contributed by atoms with Gasteiger partial charge in [0.2, 0.25) is 0 Å². The number of benzene rings is 1. The van der Waals surface area contributed by atoms with Gasteiger partial charge in [0, 0.05) is 17.8 Å². The largest absolute Gasteiger partial charge is 0.490 e. The van der Waals surface area contributed by atoms with E-state index < -0.39 is 4.92 Å². The molecular weight excluding hydrogens is 244 g/mol. The molecule has 1 saturated carbocycles. The number of hydrogen-bond acceptors (Lipinski definition) is 4. The standard InChI is InChI=1S/C14H20N2O3/c1-2-10-5-3-4-6-14(10)19-13-8-11(15)7-12(9-13)16(17)18/h7-10,14H,2-6,15H2,1H3. The minimum absolute atomic E-state index is 0.0149. The lowest BCUT2D eigenvalue weighted by Crippen LogP contribution is -2.29. The SMILES string of the molecule is CCC1CCCCC1Oc1cc(N)cc([N+](=O)[O-])c1. The molecule has 0 aromatic heterocycles. The Labute approximate surface area is 112 Å². The van der Waals surface area contributed by atoms with Crippen LogP contribution in [0.15, 0.2) is 18.2 Å². The molecule has 104 valence electrons. The number of nitrogens with two attached hydrogens (primary N) is 1. The van der Waals surface area contributed by atoms with Crippen molar-refractivity contribution in [3.05, 3.63) is 28.3 Å². The molecule has 0 aliphatic heterocycles. The van der Waals surface area contributed by atoms with Crippen molar-refractivity contribution in [3.63, 3.8) is 0 Å². The van der Waals surface area contributed by atoms with E-state index in [1.807, 2.05) is 0 Å². The smallest absolute Gasteiger partial charge is 0.275 e. The Hall–Kier alpha value is -1.78. The van der Waals surface area contributed by atoms with Crippen molar-refractivity contribution in [3.8, 4) is 5.75 Å². The summed E-state index contributed by atoms with van der Waals surface area (Å²) in [5.74, 6) is 1.05. The second kappa shape index (κ2) is 5.91. The zero-order chi connectivity index (χ0) is 13.8. The van der Waals surface area contributed by atoms with Crippen LogP contribution in [0.2, 0.25) is 0 Å². The van der Waals surface area contributed by atoms with Crippen LogP contribution < -0.4 is 10.5 Å². The highest BCUT2D eigenvalue weighted by Crippen LogP contribution is 2.32. The molecule has 0 amide bonds. The maximum atomic E-state index is 10.8. The Bertz CT molecular complexity index is 462. The van der Waals surface area contributed by atoms with Crippen LogP contribution >= 0.6 is 0 Å². The highest BCUT2D eigenvalue weighted by molar-refractivity contribution is 5.53. The second-order valence-corrected chi connectivity index (χ2v) is 5.13. The van der Waals surface area contributed by atoms with Crippen LogP contribution in [0.1, 0.15) is 39.0 Å². The first-order chi connectivity index (χ1) is 9.10. The third-order valence-electron chi connectivity index (χ3n) is 3.78. The third kappa shape index (κ3) is 3.36. The molecule has 0 bridgehead atoms. The molecule has 1 aromatic rings. The van der Waals surface area contributed by atoms with Crippen LogP contribution in [-0.4, -0.2) is 11.0 Å². The molecule has 1 aliphatic carbocycles. The lowest BCUT2D eigenvalue weighted by atomic mass is 9.85. The first-order valence-corrected chi connectivity index (χ1v) is 6.81. The van der Waals surface area contributed by atoms with Crippen molar-refractivity contribution < 1.29 is 9.66 Å². The molecule has 2 rings (SSSR count). The summed E-state index contributed by atoms with van der Waals surface area (Å²) < 4.78 is 5.95. The molecule has 2 unspecified atom stereocenters. The summed E-state index contributed by atoms with van der Waals surface area (Å²) in [6.07, 6.45) is 5.82. The highest BCUT2D eigenvalue weighted by Gasteiger charge is 2.25. The Morgan fingerprint density at radius 3 is 2.79 bits per heavy atom.